The summed E-state index contributed by atoms with van der Waals surface area (Å²) in [5.74, 6) is 1.04. The van der Waals surface area contributed by atoms with E-state index in [9.17, 15) is 5.11 Å². The van der Waals surface area contributed by atoms with Crippen molar-refractivity contribution < 1.29 is 9.52 Å². The van der Waals surface area contributed by atoms with Gasteiger partial charge in [-0.25, -0.2) is 0 Å². The molecule has 1 N–H and O–H groups in total. The van der Waals surface area contributed by atoms with Crippen LogP contribution < -0.4 is 0 Å². The Labute approximate surface area is 101 Å². The van der Waals surface area contributed by atoms with Gasteiger partial charge in [-0.1, -0.05) is 6.92 Å². The van der Waals surface area contributed by atoms with Crippen LogP contribution >= 0.6 is 0 Å². The predicted molar refractivity (Wildman–Crippen MR) is 65.7 cm³/mol. The summed E-state index contributed by atoms with van der Waals surface area (Å²) in [7, 11) is 0. The van der Waals surface area contributed by atoms with Gasteiger partial charge in [-0.2, -0.15) is 0 Å². The Morgan fingerprint density at radius 1 is 1.29 bits per heavy atom. The first-order valence-corrected chi connectivity index (χ1v) is 5.87. The van der Waals surface area contributed by atoms with Crippen molar-refractivity contribution in [2.24, 2.45) is 0 Å². The van der Waals surface area contributed by atoms with Crippen molar-refractivity contribution in [1.29, 1.82) is 0 Å². The molecule has 0 saturated heterocycles. The lowest BCUT2D eigenvalue weighted by atomic mass is 9.93. The second kappa shape index (κ2) is 5.64. The van der Waals surface area contributed by atoms with E-state index in [1.165, 1.54) is 0 Å². The van der Waals surface area contributed by atoms with E-state index < -0.39 is 0 Å². The van der Waals surface area contributed by atoms with Crippen LogP contribution in [-0.2, 0) is 6.42 Å². The molecule has 3 nitrogen and oxygen atoms in total. The highest BCUT2D eigenvalue weighted by Gasteiger charge is 2.16. The van der Waals surface area contributed by atoms with E-state index in [1.54, 1.807) is 18.7 Å². The molecule has 17 heavy (non-hydrogen) atoms. The van der Waals surface area contributed by atoms with E-state index in [0.717, 1.165) is 17.7 Å². The lowest BCUT2D eigenvalue weighted by Gasteiger charge is -2.18. The maximum Gasteiger partial charge on any atom is 0.103 e. The molecule has 2 rings (SSSR count). The summed E-state index contributed by atoms with van der Waals surface area (Å²) in [5, 5.41) is 10.1. The first kappa shape index (κ1) is 11.9. The highest BCUT2D eigenvalue weighted by molar-refractivity contribution is 5.16. The number of hydrogen-bond donors (Lipinski definition) is 1. The Balaban J connectivity index is 1.89. The second-order valence-corrected chi connectivity index (χ2v) is 4.25. The van der Waals surface area contributed by atoms with E-state index >= 15 is 0 Å². The molecule has 2 unspecified atom stereocenters. The quantitative estimate of drug-likeness (QED) is 0.860. The first-order chi connectivity index (χ1) is 8.27. The van der Waals surface area contributed by atoms with E-state index in [4.69, 9.17) is 4.42 Å². The summed E-state index contributed by atoms with van der Waals surface area (Å²) < 4.78 is 5.25. The van der Waals surface area contributed by atoms with Gasteiger partial charge in [0.25, 0.3) is 0 Å². The summed E-state index contributed by atoms with van der Waals surface area (Å²) in [6.45, 7) is 2.03. The topological polar surface area (TPSA) is 46.3 Å². The number of rotatable bonds is 5. The third-order valence-corrected chi connectivity index (χ3v) is 3.08. The van der Waals surface area contributed by atoms with Crippen molar-refractivity contribution in [3.8, 4) is 0 Å². The molecule has 2 heterocycles. The number of pyridine rings is 1. The standard InChI is InChI=1S/C14H17NO2/c1-11(12-6-8-15-9-7-12)14(16)5-4-13-3-2-10-17-13/h2-3,6-11,14,16H,4-5H2,1H3. The SMILES string of the molecule is CC(c1ccncc1)C(O)CCc1ccco1. The van der Waals surface area contributed by atoms with Gasteiger partial charge in [0, 0.05) is 24.7 Å². The highest BCUT2D eigenvalue weighted by Crippen LogP contribution is 2.21. The van der Waals surface area contributed by atoms with Gasteiger partial charge in [-0.3, -0.25) is 4.98 Å². The molecule has 0 saturated carbocycles. The number of aromatic nitrogens is 1. The van der Waals surface area contributed by atoms with E-state index in [0.29, 0.717) is 6.42 Å². The summed E-state index contributed by atoms with van der Waals surface area (Å²) in [6.07, 6.45) is 6.28. The molecule has 2 atom stereocenters. The van der Waals surface area contributed by atoms with Gasteiger partial charge < -0.3 is 9.52 Å². The fraction of sp³-hybridized carbons (Fsp3) is 0.357. The van der Waals surface area contributed by atoms with Crippen LogP contribution in [0, 0.1) is 0 Å². The fourth-order valence-corrected chi connectivity index (χ4v) is 1.88. The Morgan fingerprint density at radius 3 is 2.71 bits per heavy atom. The molecule has 0 aliphatic carbocycles. The van der Waals surface area contributed by atoms with Gasteiger partial charge >= 0.3 is 0 Å². The largest absolute Gasteiger partial charge is 0.469 e. The lowest BCUT2D eigenvalue weighted by molar-refractivity contribution is 0.138. The van der Waals surface area contributed by atoms with E-state index in [1.807, 2.05) is 31.2 Å². The van der Waals surface area contributed by atoms with Crippen LogP contribution in [0.5, 0.6) is 0 Å². The molecule has 0 radical (unpaired) electrons. The minimum absolute atomic E-state index is 0.118. The van der Waals surface area contributed by atoms with Crippen LogP contribution in [0.4, 0.5) is 0 Å². The monoisotopic (exact) mass is 231 g/mol. The zero-order chi connectivity index (χ0) is 12.1. The predicted octanol–water partition coefficient (Wildman–Crippen LogP) is 2.77. The maximum absolute atomic E-state index is 10.1. The molecule has 2 aromatic heterocycles. The summed E-state index contributed by atoms with van der Waals surface area (Å²) in [5.41, 5.74) is 1.12. The molecule has 0 aromatic carbocycles. The zero-order valence-corrected chi connectivity index (χ0v) is 9.91. The number of aliphatic hydroxyl groups is 1. The average molecular weight is 231 g/mol. The van der Waals surface area contributed by atoms with Gasteiger partial charge in [0.2, 0.25) is 0 Å². The van der Waals surface area contributed by atoms with Crippen molar-refractivity contribution in [2.45, 2.75) is 31.8 Å². The molecule has 0 amide bonds. The summed E-state index contributed by atoms with van der Waals surface area (Å²) in [4.78, 5) is 3.98. The number of aliphatic hydroxyl groups excluding tert-OH is 1. The number of hydrogen-bond acceptors (Lipinski definition) is 3. The van der Waals surface area contributed by atoms with Crippen molar-refractivity contribution in [3.05, 3.63) is 54.2 Å². The third kappa shape index (κ3) is 3.17. The average Bonchev–Trinajstić information content (AvgIpc) is 2.89. The molecule has 0 bridgehead atoms. The smallest absolute Gasteiger partial charge is 0.103 e. The Hall–Kier alpha value is -1.61. The molecule has 2 aromatic rings. The molecular formula is C14H17NO2. The second-order valence-electron chi connectivity index (χ2n) is 4.25. The molecule has 0 fully saturated rings. The third-order valence-electron chi connectivity index (χ3n) is 3.08. The van der Waals surface area contributed by atoms with Crippen LogP contribution in [0.25, 0.3) is 0 Å². The minimum atomic E-state index is -0.359. The molecular weight excluding hydrogens is 214 g/mol. The molecule has 90 valence electrons. The van der Waals surface area contributed by atoms with Crippen LogP contribution in [-0.4, -0.2) is 16.2 Å². The van der Waals surface area contributed by atoms with Gasteiger partial charge in [0.05, 0.1) is 12.4 Å². The first-order valence-electron chi connectivity index (χ1n) is 5.87. The Kier molecular flexibility index (Phi) is 3.94. The summed E-state index contributed by atoms with van der Waals surface area (Å²) in [6, 6.07) is 7.69. The Morgan fingerprint density at radius 2 is 2.06 bits per heavy atom. The van der Waals surface area contributed by atoms with Crippen molar-refractivity contribution in [2.75, 3.05) is 0 Å². The maximum atomic E-state index is 10.1. The van der Waals surface area contributed by atoms with Crippen molar-refractivity contribution in [3.63, 3.8) is 0 Å². The van der Waals surface area contributed by atoms with Crippen LogP contribution in [0.15, 0.2) is 47.3 Å². The molecule has 0 aliphatic rings. The normalized spacial score (nSPS) is 14.5. The Bertz CT molecular complexity index is 425. The fourth-order valence-electron chi connectivity index (χ4n) is 1.88. The molecule has 0 spiro atoms. The van der Waals surface area contributed by atoms with Crippen LogP contribution in [0.1, 0.15) is 30.6 Å². The molecule has 3 heteroatoms. The highest BCUT2D eigenvalue weighted by atomic mass is 16.3. The number of aryl methyl sites for hydroxylation is 1. The lowest BCUT2D eigenvalue weighted by Crippen LogP contribution is -2.16. The van der Waals surface area contributed by atoms with E-state index in [2.05, 4.69) is 4.98 Å². The van der Waals surface area contributed by atoms with Crippen molar-refractivity contribution in [1.82, 2.24) is 4.98 Å². The van der Waals surface area contributed by atoms with Gasteiger partial charge in [-0.15, -0.1) is 0 Å². The van der Waals surface area contributed by atoms with Crippen LogP contribution in [0.2, 0.25) is 0 Å². The van der Waals surface area contributed by atoms with E-state index in [-0.39, 0.29) is 12.0 Å². The van der Waals surface area contributed by atoms with Crippen molar-refractivity contribution >= 4 is 0 Å². The van der Waals surface area contributed by atoms with Gasteiger partial charge in [-0.05, 0) is 36.2 Å². The van der Waals surface area contributed by atoms with Gasteiger partial charge in [0.15, 0.2) is 0 Å². The minimum Gasteiger partial charge on any atom is -0.469 e. The molecule has 0 aliphatic heterocycles. The number of nitrogens with zero attached hydrogens (tertiary/aromatic N) is 1. The number of furan rings is 1. The van der Waals surface area contributed by atoms with Gasteiger partial charge in [0.1, 0.15) is 5.76 Å². The zero-order valence-electron chi connectivity index (χ0n) is 9.91. The summed E-state index contributed by atoms with van der Waals surface area (Å²) >= 11 is 0. The van der Waals surface area contributed by atoms with Crippen LogP contribution in [0.3, 0.4) is 0 Å².